The fourth-order valence-corrected chi connectivity index (χ4v) is 3.63. The number of nitrogens with zero attached hydrogens (tertiary/aromatic N) is 2. The third-order valence-corrected chi connectivity index (χ3v) is 4.76. The largest absolute Gasteiger partial charge is 0.387 e. The van der Waals surface area contributed by atoms with E-state index < -0.39 is 6.10 Å². The van der Waals surface area contributed by atoms with Gasteiger partial charge in [0.05, 0.1) is 6.10 Å². The first-order valence-electron chi connectivity index (χ1n) is 7.91. The minimum Gasteiger partial charge on any atom is -0.387 e. The maximum Gasteiger partial charge on any atom is 0.0934 e. The average Bonchev–Trinajstić information content (AvgIpc) is 3.07. The van der Waals surface area contributed by atoms with Crippen LogP contribution in [0, 0.1) is 13.8 Å². The van der Waals surface area contributed by atoms with Crippen molar-refractivity contribution in [2.45, 2.75) is 32.8 Å². The van der Waals surface area contributed by atoms with Crippen LogP contribution < -0.4 is 0 Å². The zero-order chi connectivity index (χ0) is 15.7. The van der Waals surface area contributed by atoms with Gasteiger partial charge in [-0.2, -0.15) is 0 Å². The lowest BCUT2D eigenvalue weighted by Crippen LogP contribution is -2.25. The molecule has 22 heavy (non-hydrogen) atoms. The van der Waals surface area contributed by atoms with Crippen LogP contribution in [-0.4, -0.2) is 34.2 Å². The predicted octanol–water partition coefficient (Wildman–Crippen LogP) is 3.88. The molecule has 0 bridgehead atoms. The van der Waals surface area contributed by atoms with E-state index in [0.717, 1.165) is 47.3 Å². The first-order chi connectivity index (χ1) is 10.6. The van der Waals surface area contributed by atoms with E-state index in [9.17, 15) is 5.11 Å². The summed E-state index contributed by atoms with van der Waals surface area (Å²) in [7, 11) is 0. The molecule has 1 unspecified atom stereocenters. The Hall–Kier alpha value is -1.29. The lowest BCUT2D eigenvalue weighted by molar-refractivity contribution is 0.125. The normalized spacial score (nSPS) is 17.1. The van der Waals surface area contributed by atoms with Gasteiger partial charge in [-0.3, -0.25) is 0 Å². The van der Waals surface area contributed by atoms with Crippen molar-refractivity contribution in [1.82, 2.24) is 9.47 Å². The van der Waals surface area contributed by atoms with Crippen LogP contribution in [0.15, 0.2) is 30.3 Å². The number of β-amino-alcohol motifs (C(OH)–C–C–N with tert-alkyl or cyclic N) is 1. The van der Waals surface area contributed by atoms with Gasteiger partial charge in [-0.25, -0.2) is 0 Å². The zero-order valence-corrected chi connectivity index (χ0v) is 14.0. The van der Waals surface area contributed by atoms with Gasteiger partial charge < -0.3 is 14.6 Å². The van der Waals surface area contributed by atoms with Gasteiger partial charge in [0.15, 0.2) is 0 Å². The molecule has 0 radical (unpaired) electrons. The van der Waals surface area contributed by atoms with Gasteiger partial charge in [0, 0.05) is 34.2 Å². The number of aliphatic hydroxyl groups is 1. The van der Waals surface area contributed by atoms with Crippen molar-refractivity contribution >= 4 is 11.6 Å². The van der Waals surface area contributed by atoms with Gasteiger partial charge in [-0.05, 0) is 64.0 Å². The smallest absolute Gasteiger partial charge is 0.0934 e. The van der Waals surface area contributed by atoms with Crippen molar-refractivity contribution in [1.29, 1.82) is 0 Å². The topological polar surface area (TPSA) is 28.4 Å². The average molecular weight is 319 g/mol. The molecule has 1 aromatic carbocycles. The van der Waals surface area contributed by atoms with Gasteiger partial charge in [0.2, 0.25) is 0 Å². The van der Waals surface area contributed by atoms with E-state index in [1.54, 1.807) is 0 Å². The SMILES string of the molecule is Cc1cc(C(O)CN2CCCC2)c(C)n1-c1cccc(Cl)c1. The highest BCUT2D eigenvalue weighted by molar-refractivity contribution is 6.30. The number of rotatable bonds is 4. The monoisotopic (exact) mass is 318 g/mol. The standard InChI is InChI=1S/C18H23ClN2O/c1-13-10-17(18(22)12-20-8-3-4-9-20)14(2)21(13)16-7-5-6-15(19)11-16/h5-7,10-11,18,22H,3-4,8-9,12H2,1-2H3. The maximum atomic E-state index is 10.6. The van der Waals surface area contributed by atoms with Crippen LogP contribution >= 0.6 is 11.6 Å². The molecule has 0 aliphatic carbocycles. The molecule has 1 aromatic heterocycles. The molecule has 3 rings (SSSR count). The first-order valence-corrected chi connectivity index (χ1v) is 8.29. The molecule has 0 spiro atoms. The Kier molecular flexibility index (Phi) is 4.57. The van der Waals surface area contributed by atoms with Crippen LogP contribution in [0.3, 0.4) is 0 Å². The summed E-state index contributed by atoms with van der Waals surface area (Å²) in [5.41, 5.74) is 4.27. The van der Waals surface area contributed by atoms with Crippen LogP contribution in [0.1, 0.15) is 35.9 Å². The summed E-state index contributed by atoms with van der Waals surface area (Å²) in [6.45, 7) is 7.06. The van der Waals surface area contributed by atoms with Gasteiger partial charge in [0.25, 0.3) is 0 Å². The summed E-state index contributed by atoms with van der Waals surface area (Å²) >= 11 is 6.11. The molecule has 1 aliphatic rings. The van der Waals surface area contributed by atoms with Crippen LogP contribution in [0.5, 0.6) is 0 Å². The summed E-state index contributed by atoms with van der Waals surface area (Å²) in [6.07, 6.45) is 2.06. The molecule has 3 nitrogen and oxygen atoms in total. The van der Waals surface area contributed by atoms with Crippen LogP contribution in [-0.2, 0) is 0 Å². The maximum absolute atomic E-state index is 10.6. The summed E-state index contributed by atoms with van der Waals surface area (Å²) < 4.78 is 2.16. The van der Waals surface area contributed by atoms with E-state index in [1.807, 2.05) is 24.3 Å². The van der Waals surface area contributed by atoms with Gasteiger partial charge in [0.1, 0.15) is 0 Å². The molecule has 1 saturated heterocycles. The third kappa shape index (κ3) is 3.07. The predicted molar refractivity (Wildman–Crippen MR) is 90.9 cm³/mol. The Morgan fingerprint density at radius 2 is 1.91 bits per heavy atom. The van der Waals surface area contributed by atoms with E-state index in [2.05, 4.69) is 29.4 Å². The summed E-state index contributed by atoms with van der Waals surface area (Å²) in [4.78, 5) is 2.34. The molecule has 2 aromatic rings. The van der Waals surface area contributed by atoms with E-state index >= 15 is 0 Å². The van der Waals surface area contributed by atoms with Crippen molar-refractivity contribution in [2.75, 3.05) is 19.6 Å². The third-order valence-electron chi connectivity index (χ3n) is 4.53. The Morgan fingerprint density at radius 1 is 1.18 bits per heavy atom. The molecule has 1 atom stereocenters. The number of aliphatic hydroxyl groups excluding tert-OH is 1. The number of benzene rings is 1. The van der Waals surface area contributed by atoms with Crippen molar-refractivity contribution in [3.8, 4) is 5.69 Å². The molecule has 1 N–H and O–H groups in total. The van der Waals surface area contributed by atoms with E-state index in [-0.39, 0.29) is 0 Å². The lowest BCUT2D eigenvalue weighted by atomic mass is 10.1. The Labute approximate surface area is 137 Å². The van der Waals surface area contributed by atoms with Gasteiger partial charge in [-0.15, -0.1) is 0 Å². The van der Waals surface area contributed by atoms with Crippen LogP contribution in [0.2, 0.25) is 5.02 Å². The highest BCUT2D eigenvalue weighted by Gasteiger charge is 2.21. The van der Waals surface area contributed by atoms with E-state index in [4.69, 9.17) is 11.6 Å². The lowest BCUT2D eigenvalue weighted by Gasteiger charge is -2.19. The zero-order valence-electron chi connectivity index (χ0n) is 13.2. The molecule has 118 valence electrons. The highest BCUT2D eigenvalue weighted by Crippen LogP contribution is 2.27. The summed E-state index contributed by atoms with van der Waals surface area (Å²) in [5, 5.41) is 11.3. The molecule has 0 amide bonds. The number of aromatic nitrogens is 1. The number of hydrogen-bond donors (Lipinski definition) is 1. The first kappa shape index (κ1) is 15.6. The Bertz CT molecular complexity index is 659. The van der Waals surface area contributed by atoms with Crippen molar-refractivity contribution in [2.24, 2.45) is 0 Å². The van der Waals surface area contributed by atoms with Crippen molar-refractivity contribution in [3.05, 3.63) is 52.3 Å². The van der Waals surface area contributed by atoms with Crippen molar-refractivity contribution < 1.29 is 5.11 Å². The molecular weight excluding hydrogens is 296 g/mol. The number of hydrogen-bond acceptors (Lipinski definition) is 2. The van der Waals surface area contributed by atoms with Crippen LogP contribution in [0.25, 0.3) is 5.69 Å². The minimum atomic E-state index is -0.433. The molecule has 4 heteroatoms. The van der Waals surface area contributed by atoms with E-state index in [0.29, 0.717) is 0 Å². The molecule has 1 aliphatic heterocycles. The molecular formula is C18H23ClN2O. The fourth-order valence-electron chi connectivity index (χ4n) is 3.45. The summed E-state index contributed by atoms with van der Waals surface area (Å²) in [6, 6.07) is 9.93. The second-order valence-corrected chi connectivity index (χ2v) is 6.60. The molecule has 0 saturated carbocycles. The van der Waals surface area contributed by atoms with Gasteiger partial charge >= 0.3 is 0 Å². The van der Waals surface area contributed by atoms with E-state index in [1.165, 1.54) is 12.8 Å². The Morgan fingerprint density at radius 3 is 2.59 bits per heavy atom. The quantitative estimate of drug-likeness (QED) is 0.926. The second-order valence-electron chi connectivity index (χ2n) is 6.17. The highest BCUT2D eigenvalue weighted by atomic mass is 35.5. The molecule has 2 heterocycles. The van der Waals surface area contributed by atoms with Gasteiger partial charge in [-0.1, -0.05) is 17.7 Å². The van der Waals surface area contributed by atoms with Crippen LogP contribution in [0.4, 0.5) is 0 Å². The number of aryl methyl sites for hydroxylation is 1. The Balaban J connectivity index is 1.89. The molecule has 1 fully saturated rings. The number of halogens is 1. The summed E-state index contributed by atoms with van der Waals surface area (Å²) in [5.74, 6) is 0. The minimum absolute atomic E-state index is 0.433. The fraction of sp³-hybridized carbons (Fsp3) is 0.444. The number of likely N-dealkylation sites (tertiary alicyclic amines) is 1. The second kappa shape index (κ2) is 6.45. The van der Waals surface area contributed by atoms with Crippen molar-refractivity contribution in [3.63, 3.8) is 0 Å².